The van der Waals surface area contributed by atoms with Crippen LogP contribution >= 0.6 is 15.9 Å². The van der Waals surface area contributed by atoms with Crippen molar-refractivity contribution in [1.29, 1.82) is 0 Å². The van der Waals surface area contributed by atoms with Gasteiger partial charge < -0.3 is 15.7 Å². The summed E-state index contributed by atoms with van der Waals surface area (Å²) in [5, 5.41) is 24.3. The molecule has 32 heavy (non-hydrogen) atoms. The van der Waals surface area contributed by atoms with Crippen molar-refractivity contribution in [3.63, 3.8) is 0 Å². The number of pyridine rings is 1. The molecule has 0 unspecified atom stereocenters. The standard InChI is InChI=1S/C22H20BrF2N5O2/c1-26-21(32)15-8-12(23)7-14(19(15)31)17-4-5-18(30-29-17)28-11-22(9-13(24)10-22)20-16(25)3-2-6-27-20/h2-8,13,31H,9-11H2,1H3,(H,26,32)(H,28,30). The summed E-state index contributed by atoms with van der Waals surface area (Å²) in [4.78, 5) is 16.1. The highest BCUT2D eigenvalue weighted by Crippen LogP contribution is 2.45. The van der Waals surface area contributed by atoms with Crippen molar-refractivity contribution in [1.82, 2.24) is 20.5 Å². The fourth-order valence-electron chi connectivity index (χ4n) is 3.92. The second-order valence-corrected chi connectivity index (χ2v) is 8.62. The quantitative estimate of drug-likeness (QED) is 0.470. The van der Waals surface area contributed by atoms with Crippen LogP contribution < -0.4 is 10.6 Å². The van der Waals surface area contributed by atoms with E-state index in [9.17, 15) is 18.7 Å². The van der Waals surface area contributed by atoms with Crippen LogP contribution in [-0.4, -0.2) is 46.0 Å². The van der Waals surface area contributed by atoms with Crippen LogP contribution in [0.25, 0.3) is 11.3 Å². The van der Waals surface area contributed by atoms with E-state index in [0.717, 1.165) is 0 Å². The van der Waals surface area contributed by atoms with Gasteiger partial charge in [0, 0.05) is 35.2 Å². The average molecular weight is 504 g/mol. The molecule has 2 heterocycles. The van der Waals surface area contributed by atoms with Gasteiger partial charge in [-0.3, -0.25) is 9.78 Å². The van der Waals surface area contributed by atoms with Crippen LogP contribution in [0, 0.1) is 5.82 Å². The summed E-state index contributed by atoms with van der Waals surface area (Å²) < 4.78 is 28.6. The smallest absolute Gasteiger partial charge is 0.254 e. The first-order valence-corrected chi connectivity index (χ1v) is 10.7. The average Bonchev–Trinajstić information content (AvgIpc) is 2.77. The topological polar surface area (TPSA) is 100 Å². The van der Waals surface area contributed by atoms with E-state index in [4.69, 9.17) is 0 Å². The van der Waals surface area contributed by atoms with Crippen molar-refractivity contribution in [3.05, 3.63) is 64.1 Å². The first-order valence-electron chi connectivity index (χ1n) is 9.90. The lowest BCUT2D eigenvalue weighted by Gasteiger charge is -2.44. The van der Waals surface area contributed by atoms with Gasteiger partial charge in [-0.2, -0.15) is 0 Å². The van der Waals surface area contributed by atoms with Crippen molar-refractivity contribution >= 4 is 27.7 Å². The predicted octanol–water partition coefficient (Wildman–Crippen LogP) is 3.99. The number of halogens is 3. The number of anilines is 1. The molecule has 1 aliphatic rings. The van der Waals surface area contributed by atoms with E-state index < -0.39 is 23.3 Å². The van der Waals surface area contributed by atoms with Crippen LogP contribution in [0.1, 0.15) is 28.9 Å². The number of alkyl halides is 1. The summed E-state index contributed by atoms with van der Waals surface area (Å²) in [7, 11) is 1.47. The Morgan fingerprint density at radius 3 is 2.69 bits per heavy atom. The summed E-state index contributed by atoms with van der Waals surface area (Å²) in [6.45, 7) is 0.248. The second kappa shape index (κ2) is 8.78. The van der Waals surface area contributed by atoms with Crippen LogP contribution in [0.4, 0.5) is 14.6 Å². The monoisotopic (exact) mass is 503 g/mol. The number of aromatic hydroxyl groups is 1. The molecule has 1 aromatic carbocycles. The SMILES string of the molecule is CNC(=O)c1cc(Br)cc(-c2ccc(NCC3(c4ncccc4F)CC(F)C3)nn2)c1O. The van der Waals surface area contributed by atoms with E-state index in [0.29, 0.717) is 21.5 Å². The maximum atomic E-state index is 14.3. The normalized spacial score (nSPS) is 19.8. The molecule has 3 N–H and O–H groups in total. The molecule has 166 valence electrons. The van der Waals surface area contributed by atoms with Gasteiger partial charge in [0.25, 0.3) is 5.91 Å². The minimum Gasteiger partial charge on any atom is -0.506 e. The number of amides is 1. The number of nitrogens with one attached hydrogen (secondary N) is 2. The zero-order valence-electron chi connectivity index (χ0n) is 17.1. The Hall–Kier alpha value is -3.14. The highest BCUT2D eigenvalue weighted by Gasteiger charge is 2.48. The van der Waals surface area contributed by atoms with Crippen molar-refractivity contribution in [2.45, 2.75) is 24.4 Å². The Bertz CT molecular complexity index is 1150. The largest absolute Gasteiger partial charge is 0.506 e. The summed E-state index contributed by atoms with van der Waals surface area (Å²) in [5.74, 6) is -0.696. The van der Waals surface area contributed by atoms with Crippen molar-refractivity contribution in [2.24, 2.45) is 0 Å². The maximum absolute atomic E-state index is 14.3. The van der Waals surface area contributed by atoms with Gasteiger partial charge >= 0.3 is 0 Å². The fourth-order valence-corrected chi connectivity index (χ4v) is 4.38. The molecule has 1 aliphatic carbocycles. The third-order valence-corrected chi connectivity index (χ3v) is 6.04. The van der Waals surface area contributed by atoms with Crippen molar-refractivity contribution < 1.29 is 18.7 Å². The molecule has 0 atom stereocenters. The lowest BCUT2D eigenvalue weighted by atomic mass is 9.65. The molecular formula is C22H20BrF2N5O2. The van der Waals surface area contributed by atoms with E-state index in [1.54, 1.807) is 18.2 Å². The maximum Gasteiger partial charge on any atom is 0.254 e. The number of aromatic nitrogens is 3. The van der Waals surface area contributed by atoms with Gasteiger partial charge in [0.15, 0.2) is 0 Å². The number of nitrogens with zero attached hydrogens (tertiary/aromatic N) is 3. The molecule has 1 fully saturated rings. The van der Waals surface area contributed by atoms with E-state index in [-0.39, 0.29) is 36.4 Å². The minimum atomic E-state index is -0.999. The molecule has 0 saturated heterocycles. The summed E-state index contributed by atoms with van der Waals surface area (Å²) in [6.07, 6.45) is 0.847. The molecular weight excluding hydrogens is 484 g/mol. The Morgan fingerprint density at radius 2 is 2.06 bits per heavy atom. The highest BCUT2D eigenvalue weighted by molar-refractivity contribution is 9.10. The summed E-state index contributed by atoms with van der Waals surface area (Å²) in [5.41, 5.74) is 0.286. The van der Waals surface area contributed by atoms with Gasteiger partial charge in [-0.1, -0.05) is 15.9 Å². The van der Waals surface area contributed by atoms with Gasteiger partial charge in [0.2, 0.25) is 0 Å². The number of hydrogen-bond donors (Lipinski definition) is 3. The van der Waals surface area contributed by atoms with E-state index in [1.807, 2.05) is 0 Å². The molecule has 0 aliphatic heterocycles. The van der Waals surface area contributed by atoms with Gasteiger partial charge in [-0.25, -0.2) is 8.78 Å². The number of rotatable bonds is 6. The first kappa shape index (κ1) is 22.1. The fraction of sp³-hybridized carbons (Fsp3) is 0.273. The summed E-state index contributed by atoms with van der Waals surface area (Å²) >= 11 is 3.33. The molecule has 4 rings (SSSR count). The van der Waals surface area contributed by atoms with Crippen LogP contribution in [0.3, 0.4) is 0 Å². The van der Waals surface area contributed by atoms with E-state index in [2.05, 4.69) is 41.7 Å². The van der Waals surface area contributed by atoms with Crippen molar-refractivity contribution in [2.75, 3.05) is 18.9 Å². The molecule has 3 aromatic rings. The number of hydrogen-bond acceptors (Lipinski definition) is 6. The Morgan fingerprint density at radius 1 is 1.28 bits per heavy atom. The van der Waals surface area contributed by atoms with Gasteiger partial charge in [-0.05, 0) is 49.2 Å². The molecule has 0 bridgehead atoms. The minimum absolute atomic E-state index is 0.103. The molecule has 10 heteroatoms. The Kier molecular flexibility index (Phi) is 6.05. The third kappa shape index (κ3) is 4.14. The van der Waals surface area contributed by atoms with Crippen LogP contribution in [-0.2, 0) is 5.41 Å². The van der Waals surface area contributed by atoms with E-state index >= 15 is 0 Å². The molecule has 2 aromatic heterocycles. The molecule has 7 nitrogen and oxygen atoms in total. The zero-order chi connectivity index (χ0) is 22.9. The number of benzene rings is 1. The highest BCUT2D eigenvalue weighted by atomic mass is 79.9. The number of phenolic OH excluding ortho intramolecular Hbond substituents is 1. The second-order valence-electron chi connectivity index (χ2n) is 7.71. The van der Waals surface area contributed by atoms with Crippen molar-refractivity contribution in [3.8, 4) is 17.0 Å². The Labute approximate surface area is 191 Å². The lowest BCUT2D eigenvalue weighted by Crippen LogP contribution is -2.49. The van der Waals surface area contributed by atoms with Crippen LogP contribution in [0.15, 0.2) is 47.1 Å². The molecule has 1 amide bonds. The first-order chi connectivity index (χ1) is 15.3. The zero-order valence-corrected chi connectivity index (χ0v) is 18.7. The Balaban J connectivity index is 1.55. The lowest BCUT2D eigenvalue weighted by molar-refractivity contribution is 0.0957. The number of carbonyl (C=O) groups excluding carboxylic acids is 1. The third-order valence-electron chi connectivity index (χ3n) is 5.58. The molecule has 1 saturated carbocycles. The predicted molar refractivity (Wildman–Crippen MR) is 119 cm³/mol. The van der Waals surface area contributed by atoms with Gasteiger partial charge in [0.1, 0.15) is 23.6 Å². The van der Waals surface area contributed by atoms with Crippen LogP contribution in [0.5, 0.6) is 5.75 Å². The summed E-state index contributed by atoms with van der Waals surface area (Å²) in [6, 6.07) is 9.25. The number of carbonyl (C=O) groups is 1. The van der Waals surface area contributed by atoms with Crippen LogP contribution in [0.2, 0.25) is 0 Å². The van der Waals surface area contributed by atoms with E-state index in [1.165, 1.54) is 31.4 Å². The van der Waals surface area contributed by atoms with Gasteiger partial charge in [0.05, 0.1) is 17.0 Å². The molecule has 0 spiro atoms. The van der Waals surface area contributed by atoms with Gasteiger partial charge in [-0.15, -0.1) is 10.2 Å². The number of phenols is 1. The molecule has 0 radical (unpaired) electrons.